The second-order valence-corrected chi connectivity index (χ2v) is 4.66. The predicted molar refractivity (Wildman–Crippen MR) is 80.3 cm³/mol. The van der Waals surface area contributed by atoms with E-state index in [1.807, 2.05) is 6.92 Å². The van der Waals surface area contributed by atoms with Gasteiger partial charge in [-0.25, -0.2) is 4.39 Å². The second-order valence-electron chi connectivity index (χ2n) is 4.26. The van der Waals surface area contributed by atoms with E-state index in [1.54, 1.807) is 36.4 Å². The maximum Gasteiger partial charge on any atom is 0.248 e. The first kappa shape index (κ1) is 14.3. The van der Waals surface area contributed by atoms with Crippen LogP contribution in [0.4, 0.5) is 10.1 Å². The van der Waals surface area contributed by atoms with Gasteiger partial charge in [-0.1, -0.05) is 35.9 Å². The third kappa shape index (κ3) is 3.45. The summed E-state index contributed by atoms with van der Waals surface area (Å²) in [6.45, 7) is 1.82. The number of hydrogen-bond donors (Lipinski definition) is 1. The lowest BCUT2D eigenvalue weighted by molar-refractivity contribution is -0.111. The lowest BCUT2D eigenvalue weighted by Gasteiger charge is -2.07. The van der Waals surface area contributed by atoms with E-state index >= 15 is 0 Å². The smallest absolute Gasteiger partial charge is 0.248 e. The van der Waals surface area contributed by atoms with Crippen molar-refractivity contribution >= 4 is 29.3 Å². The quantitative estimate of drug-likeness (QED) is 0.832. The number of carbonyl (C=O) groups excluding carboxylic acids is 1. The van der Waals surface area contributed by atoms with Crippen LogP contribution in [0.5, 0.6) is 0 Å². The zero-order chi connectivity index (χ0) is 14.5. The maximum atomic E-state index is 13.4. The van der Waals surface area contributed by atoms with Crippen LogP contribution >= 0.6 is 11.6 Å². The number of nitrogens with one attached hydrogen (secondary N) is 1. The Morgan fingerprint density at radius 2 is 1.95 bits per heavy atom. The van der Waals surface area contributed by atoms with Crippen LogP contribution in [0, 0.1) is 12.7 Å². The van der Waals surface area contributed by atoms with Gasteiger partial charge >= 0.3 is 0 Å². The molecule has 20 heavy (non-hydrogen) atoms. The molecule has 2 aromatic carbocycles. The van der Waals surface area contributed by atoms with E-state index in [-0.39, 0.29) is 11.7 Å². The Hall–Kier alpha value is -2.13. The molecule has 2 aromatic rings. The molecule has 0 aliphatic rings. The number of amides is 1. The predicted octanol–water partition coefficient (Wildman–Crippen LogP) is 4.44. The molecule has 0 aliphatic heterocycles. The van der Waals surface area contributed by atoms with Crippen LogP contribution in [-0.2, 0) is 4.79 Å². The van der Waals surface area contributed by atoms with E-state index in [9.17, 15) is 9.18 Å². The molecule has 0 aromatic heterocycles. The standard InChI is InChI=1S/C16H13ClFNO/c1-11-13(17)6-4-8-15(11)19-16(20)10-9-12-5-2-3-7-14(12)18/h2-10H,1H3,(H,19,20)/b10-9+. The molecular formula is C16H13ClFNO. The summed E-state index contributed by atoms with van der Waals surface area (Å²) in [5.41, 5.74) is 1.80. The molecule has 0 unspecified atom stereocenters. The highest BCUT2D eigenvalue weighted by molar-refractivity contribution is 6.31. The fourth-order valence-electron chi connectivity index (χ4n) is 1.69. The third-order valence-electron chi connectivity index (χ3n) is 2.85. The van der Waals surface area contributed by atoms with Crippen molar-refractivity contribution in [2.24, 2.45) is 0 Å². The Kier molecular flexibility index (Phi) is 4.53. The van der Waals surface area contributed by atoms with Gasteiger partial charge < -0.3 is 5.32 Å². The minimum Gasteiger partial charge on any atom is -0.322 e. The molecule has 0 saturated carbocycles. The maximum absolute atomic E-state index is 13.4. The normalized spacial score (nSPS) is 10.8. The van der Waals surface area contributed by atoms with Crippen LogP contribution < -0.4 is 5.32 Å². The topological polar surface area (TPSA) is 29.1 Å². The summed E-state index contributed by atoms with van der Waals surface area (Å²) in [6.07, 6.45) is 2.73. The van der Waals surface area contributed by atoms with Crippen molar-refractivity contribution in [3.8, 4) is 0 Å². The van der Waals surface area contributed by atoms with Gasteiger partial charge in [0, 0.05) is 22.3 Å². The van der Waals surface area contributed by atoms with E-state index in [0.717, 1.165) is 5.56 Å². The Morgan fingerprint density at radius 1 is 1.20 bits per heavy atom. The number of carbonyl (C=O) groups is 1. The van der Waals surface area contributed by atoms with Gasteiger partial charge in [0.1, 0.15) is 5.82 Å². The van der Waals surface area contributed by atoms with Crippen LogP contribution in [0.25, 0.3) is 6.08 Å². The van der Waals surface area contributed by atoms with Gasteiger partial charge in [-0.05, 0) is 36.8 Å². The molecule has 2 nitrogen and oxygen atoms in total. The Balaban J connectivity index is 2.10. The molecule has 0 aliphatic carbocycles. The van der Waals surface area contributed by atoms with Crippen molar-refractivity contribution in [2.45, 2.75) is 6.92 Å². The van der Waals surface area contributed by atoms with Crippen LogP contribution in [-0.4, -0.2) is 5.91 Å². The molecule has 102 valence electrons. The van der Waals surface area contributed by atoms with E-state index in [0.29, 0.717) is 16.3 Å². The van der Waals surface area contributed by atoms with Crippen molar-refractivity contribution in [1.29, 1.82) is 0 Å². The number of anilines is 1. The molecule has 0 spiro atoms. The summed E-state index contributed by atoms with van der Waals surface area (Å²) in [7, 11) is 0. The van der Waals surface area contributed by atoms with Crippen LogP contribution in [0.1, 0.15) is 11.1 Å². The summed E-state index contributed by atoms with van der Waals surface area (Å²) in [6, 6.07) is 11.5. The Morgan fingerprint density at radius 3 is 2.70 bits per heavy atom. The monoisotopic (exact) mass is 289 g/mol. The van der Waals surface area contributed by atoms with E-state index in [4.69, 9.17) is 11.6 Å². The van der Waals surface area contributed by atoms with Crippen LogP contribution in [0.2, 0.25) is 5.02 Å². The Labute approximate surface area is 121 Å². The third-order valence-corrected chi connectivity index (χ3v) is 3.25. The van der Waals surface area contributed by atoms with Crippen LogP contribution in [0.15, 0.2) is 48.5 Å². The van der Waals surface area contributed by atoms with Crippen molar-refractivity contribution in [1.82, 2.24) is 0 Å². The lowest BCUT2D eigenvalue weighted by Crippen LogP contribution is -2.09. The molecule has 1 N–H and O–H groups in total. The molecule has 0 radical (unpaired) electrons. The van der Waals surface area contributed by atoms with Crippen molar-refractivity contribution in [3.05, 3.63) is 70.5 Å². The van der Waals surface area contributed by atoms with Gasteiger partial charge in [0.2, 0.25) is 5.91 Å². The number of rotatable bonds is 3. The van der Waals surface area contributed by atoms with Crippen molar-refractivity contribution < 1.29 is 9.18 Å². The van der Waals surface area contributed by atoms with Gasteiger partial charge in [0.15, 0.2) is 0 Å². The summed E-state index contributed by atoms with van der Waals surface area (Å²) in [5.74, 6) is -0.700. The summed E-state index contributed by atoms with van der Waals surface area (Å²) < 4.78 is 13.4. The van der Waals surface area contributed by atoms with E-state index < -0.39 is 0 Å². The summed E-state index contributed by atoms with van der Waals surface area (Å²) in [4.78, 5) is 11.8. The van der Waals surface area contributed by atoms with Gasteiger partial charge in [-0.15, -0.1) is 0 Å². The van der Waals surface area contributed by atoms with Crippen molar-refractivity contribution in [2.75, 3.05) is 5.32 Å². The summed E-state index contributed by atoms with van der Waals surface area (Å²) in [5, 5.41) is 3.29. The molecule has 2 rings (SSSR count). The highest BCUT2D eigenvalue weighted by atomic mass is 35.5. The first-order valence-corrected chi connectivity index (χ1v) is 6.44. The largest absolute Gasteiger partial charge is 0.322 e. The molecule has 4 heteroatoms. The molecule has 0 bridgehead atoms. The number of halogens is 2. The van der Waals surface area contributed by atoms with Gasteiger partial charge in [0.25, 0.3) is 0 Å². The summed E-state index contributed by atoms with van der Waals surface area (Å²) >= 11 is 5.97. The zero-order valence-electron chi connectivity index (χ0n) is 10.9. The average molecular weight is 290 g/mol. The fraction of sp³-hybridized carbons (Fsp3) is 0.0625. The fourth-order valence-corrected chi connectivity index (χ4v) is 1.87. The van der Waals surface area contributed by atoms with E-state index in [1.165, 1.54) is 18.2 Å². The second kappa shape index (κ2) is 6.35. The minimum atomic E-state index is -0.365. The number of benzene rings is 2. The van der Waals surface area contributed by atoms with Gasteiger partial charge in [0.05, 0.1) is 0 Å². The zero-order valence-corrected chi connectivity index (χ0v) is 11.6. The van der Waals surface area contributed by atoms with Gasteiger partial charge in [-0.3, -0.25) is 4.79 Å². The highest BCUT2D eigenvalue weighted by Gasteiger charge is 2.04. The molecule has 1 amide bonds. The highest BCUT2D eigenvalue weighted by Crippen LogP contribution is 2.22. The lowest BCUT2D eigenvalue weighted by atomic mass is 10.2. The SMILES string of the molecule is Cc1c(Cl)cccc1NC(=O)/C=C/c1ccccc1F. The van der Waals surface area contributed by atoms with Crippen LogP contribution in [0.3, 0.4) is 0 Å². The molecule has 0 fully saturated rings. The Bertz CT molecular complexity index is 667. The molecule has 0 heterocycles. The first-order valence-electron chi connectivity index (χ1n) is 6.06. The molecule has 0 atom stereocenters. The van der Waals surface area contributed by atoms with Crippen molar-refractivity contribution in [3.63, 3.8) is 0 Å². The number of hydrogen-bond acceptors (Lipinski definition) is 1. The van der Waals surface area contributed by atoms with E-state index in [2.05, 4.69) is 5.32 Å². The van der Waals surface area contributed by atoms with Gasteiger partial charge in [-0.2, -0.15) is 0 Å². The minimum absolute atomic E-state index is 0.335. The average Bonchev–Trinajstić information content (AvgIpc) is 2.43. The molecular weight excluding hydrogens is 277 g/mol. The molecule has 0 saturated heterocycles. The first-order chi connectivity index (χ1) is 9.58.